The summed E-state index contributed by atoms with van der Waals surface area (Å²) in [5.41, 5.74) is -1.28. The summed E-state index contributed by atoms with van der Waals surface area (Å²) >= 11 is 0. The summed E-state index contributed by atoms with van der Waals surface area (Å²) in [6.45, 7) is -1.99. The van der Waals surface area contributed by atoms with Gasteiger partial charge in [-0.05, 0) is 43.3 Å². The topological polar surface area (TPSA) is 110 Å². The molecule has 0 radical (unpaired) electrons. The number of carbonyl (C=O) groups excluding carboxylic acids is 2. The molecule has 1 fully saturated rings. The highest BCUT2D eigenvalue weighted by Crippen LogP contribution is 2.40. The zero-order chi connectivity index (χ0) is 29.1. The molecular formula is C27H25F4N3O6. The van der Waals surface area contributed by atoms with Gasteiger partial charge in [-0.15, -0.1) is 0 Å². The van der Waals surface area contributed by atoms with Crippen molar-refractivity contribution in [2.45, 2.75) is 38.1 Å². The van der Waals surface area contributed by atoms with Crippen molar-refractivity contribution in [2.24, 2.45) is 0 Å². The molecule has 0 aliphatic carbocycles. The van der Waals surface area contributed by atoms with Gasteiger partial charge >= 0.3 is 6.61 Å². The number of anilines is 1. The van der Waals surface area contributed by atoms with Gasteiger partial charge in [-0.3, -0.25) is 14.4 Å². The summed E-state index contributed by atoms with van der Waals surface area (Å²) in [4.78, 5) is 41.0. The van der Waals surface area contributed by atoms with Crippen LogP contribution in [0.3, 0.4) is 0 Å². The molecule has 40 heavy (non-hydrogen) atoms. The number of halogens is 4. The highest BCUT2D eigenvalue weighted by Gasteiger charge is 2.50. The standard InChI is InChI=1S/C27H25F4N3O6/c1-14-21(22-18(28)12-17(39-2)13-19(22)29)23(32-24(36)15-5-7-16(8-6-15)40-27(30)31)26(38)34(14)20-4-3-9-33(10-11-35)25(20)37/h3-9,12-14,21,23,27,35H,10-11H2,1-2H3,(H,32,36)/t14-,21-,23-/m0/s1. The van der Waals surface area contributed by atoms with E-state index in [1.807, 2.05) is 0 Å². The zero-order valence-corrected chi connectivity index (χ0v) is 21.3. The van der Waals surface area contributed by atoms with Crippen molar-refractivity contribution in [2.75, 3.05) is 18.6 Å². The Hall–Kier alpha value is -4.39. The fraction of sp³-hybridized carbons (Fsp3) is 0.296. The summed E-state index contributed by atoms with van der Waals surface area (Å²) in [5.74, 6) is -5.29. The maximum Gasteiger partial charge on any atom is 0.387 e. The SMILES string of the molecule is COc1cc(F)c([C@H]2[C@H](NC(=O)c3ccc(OC(F)F)cc3)C(=O)N(c3cccn(CCO)c3=O)[C@H]2C)c(F)c1. The molecule has 4 rings (SSSR count). The molecule has 0 unspecified atom stereocenters. The third kappa shape index (κ3) is 5.50. The van der Waals surface area contributed by atoms with Crippen LogP contribution in [0.25, 0.3) is 0 Å². The van der Waals surface area contributed by atoms with Crippen molar-refractivity contribution in [1.82, 2.24) is 9.88 Å². The normalized spacial score (nSPS) is 18.8. The predicted octanol–water partition coefficient (Wildman–Crippen LogP) is 3.05. The number of carbonyl (C=O) groups is 2. The lowest BCUT2D eigenvalue weighted by molar-refractivity contribution is -0.118. The predicted molar refractivity (Wildman–Crippen MR) is 135 cm³/mol. The van der Waals surface area contributed by atoms with E-state index in [4.69, 9.17) is 4.74 Å². The van der Waals surface area contributed by atoms with Gasteiger partial charge in [0.25, 0.3) is 17.4 Å². The first-order chi connectivity index (χ1) is 19.1. The Labute approximate surface area is 225 Å². The molecule has 2 heterocycles. The van der Waals surface area contributed by atoms with E-state index in [9.17, 15) is 28.3 Å². The molecule has 3 atom stereocenters. The number of alkyl halides is 2. The van der Waals surface area contributed by atoms with Gasteiger partial charge in [0.15, 0.2) is 0 Å². The van der Waals surface area contributed by atoms with Crippen LogP contribution in [0.5, 0.6) is 11.5 Å². The smallest absolute Gasteiger partial charge is 0.387 e. The number of nitrogens with zero attached hydrogens (tertiary/aromatic N) is 2. The molecule has 1 aromatic heterocycles. The van der Waals surface area contributed by atoms with Crippen LogP contribution in [0.15, 0.2) is 59.5 Å². The summed E-state index contributed by atoms with van der Waals surface area (Å²) in [6, 6.07) is 6.78. The van der Waals surface area contributed by atoms with Crippen LogP contribution in [0.4, 0.5) is 23.2 Å². The number of hydrogen-bond acceptors (Lipinski definition) is 6. The Kier molecular flexibility index (Phi) is 8.43. The largest absolute Gasteiger partial charge is 0.497 e. The van der Waals surface area contributed by atoms with Gasteiger partial charge in [-0.1, -0.05) is 0 Å². The maximum atomic E-state index is 15.3. The van der Waals surface area contributed by atoms with Crippen molar-refractivity contribution in [1.29, 1.82) is 0 Å². The molecule has 2 aromatic carbocycles. The number of ether oxygens (including phenoxy) is 2. The minimum atomic E-state index is -3.07. The molecule has 13 heteroatoms. The van der Waals surface area contributed by atoms with Gasteiger partial charge < -0.3 is 29.4 Å². The number of aliphatic hydroxyl groups excluding tert-OH is 1. The van der Waals surface area contributed by atoms with E-state index in [2.05, 4.69) is 10.1 Å². The van der Waals surface area contributed by atoms with Crippen LogP contribution >= 0.6 is 0 Å². The van der Waals surface area contributed by atoms with E-state index in [-0.39, 0.29) is 35.9 Å². The van der Waals surface area contributed by atoms with E-state index in [1.54, 1.807) is 0 Å². The number of aromatic nitrogens is 1. The fourth-order valence-electron chi connectivity index (χ4n) is 4.84. The molecule has 0 saturated carbocycles. The van der Waals surface area contributed by atoms with Gasteiger partial charge in [-0.25, -0.2) is 8.78 Å². The van der Waals surface area contributed by atoms with Gasteiger partial charge in [0.05, 0.1) is 13.7 Å². The molecule has 0 bridgehead atoms. The number of methoxy groups -OCH3 is 1. The lowest BCUT2D eigenvalue weighted by atomic mass is 9.87. The number of benzene rings is 2. The second kappa shape index (κ2) is 11.8. The lowest BCUT2D eigenvalue weighted by Crippen LogP contribution is -2.44. The maximum absolute atomic E-state index is 15.3. The Morgan fingerprint density at radius 2 is 1.73 bits per heavy atom. The number of rotatable bonds is 9. The van der Waals surface area contributed by atoms with Gasteiger partial charge in [0, 0.05) is 48.0 Å². The molecule has 2 N–H and O–H groups in total. The molecular weight excluding hydrogens is 538 g/mol. The van der Waals surface area contributed by atoms with E-state index in [1.165, 1.54) is 49.1 Å². The Balaban J connectivity index is 1.77. The van der Waals surface area contributed by atoms with Crippen molar-refractivity contribution in [3.8, 4) is 11.5 Å². The molecule has 3 aromatic rings. The Morgan fingerprint density at radius 3 is 2.30 bits per heavy atom. The van der Waals surface area contributed by atoms with Gasteiger partial charge in [0.2, 0.25) is 0 Å². The first-order valence-corrected chi connectivity index (χ1v) is 12.1. The van der Waals surface area contributed by atoms with Crippen LogP contribution in [0.2, 0.25) is 0 Å². The van der Waals surface area contributed by atoms with Crippen molar-refractivity contribution < 1.29 is 41.7 Å². The minimum Gasteiger partial charge on any atom is -0.497 e. The fourth-order valence-corrected chi connectivity index (χ4v) is 4.84. The Bertz CT molecular complexity index is 1440. The quantitative estimate of drug-likeness (QED) is 0.388. The number of pyridine rings is 1. The third-order valence-electron chi connectivity index (χ3n) is 6.64. The lowest BCUT2D eigenvalue weighted by Gasteiger charge is -2.26. The van der Waals surface area contributed by atoms with E-state index < -0.39 is 59.2 Å². The molecule has 2 amide bonds. The molecule has 212 valence electrons. The van der Waals surface area contributed by atoms with Crippen LogP contribution < -0.4 is 25.2 Å². The summed E-state index contributed by atoms with van der Waals surface area (Å²) in [7, 11) is 1.23. The highest BCUT2D eigenvalue weighted by atomic mass is 19.3. The molecule has 0 spiro atoms. The number of nitrogens with one attached hydrogen (secondary N) is 1. The van der Waals surface area contributed by atoms with Gasteiger partial charge in [0.1, 0.15) is 34.9 Å². The van der Waals surface area contributed by atoms with E-state index in [0.717, 1.165) is 29.2 Å². The van der Waals surface area contributed by atoms with Crippen molar-refractivity contribution >= 4 is 17.5 Å². The summed E-state index contributed by atoms with van der Waals surface area (Å²) in [5, 5.41) is 11.8. The average molecular weight is 564 g/mol. The van der Waals surface area contributed by atoms with Crippen molar-refractivity contribution in [3.63, 3.8) is 0 Å². The monoisotopic (exact) mass is 563 g/mol. The second-order valence-corrected chi connectivity index (χ2v) is 8.95. The first kappa shape index (κ1) is 28.6. The highest BCUT2D eigenvalue weighted by molar-refractivity contribution is 6.05. The minimum absolute atomic E-state index is 0.0417. The molecule has 1 aliphatic heterocycles. The molecule has 1 aliphatic rings. The van der Waals surface area contributed by atoms with Crippen LogP contribution in [-0.2, 0) is 11.3 Å². The number of aliphatic hydroxyl groups is 1. The van der Waals surface area contributed by atoms with E-state index in [0.29, 0.717) is 0 Å². The molecule has 9 nitrogen and oxygen atoms in total. The van der Waals surface area contributed by atoms with Crippen LogP contribution in [-0.4, -0.2) is 53.9 Å². The van der Waals surface area contributed by atoms with E-state index >= 15 is 8.78 Å². The van der Waals surface area contributed by atoms with Crippen molar-refractivity contribution in [3.05, 3.63) is 87.8 Å². The number of amides is 2. The molecule has 1 saturated heterocycles. The van der Waals surface area contributed by atoms with Gasteiger partial charge in [-0.2, -0.15) is 8.78 Å². The second-order valence-electron chi connectivity index (χ2n) is 8.95. The third-order valence-corrected chi connectivity index (χ3v) is 6.64. The summed E-state index contributed by atoms with van der Waals surface area (Å²) in [6.07, 6.45) is 1.41. The van der Waals surface area contributed by atoms with Crippen LogP contribution in [0, 0.1) is 11.6 Å². The summed E-state index contributed by atoms with van der Waals surface area (Å²) < 4.78 is 65.9. The Morgan fingerprint density at radius 1 is 1.07 bits per heavy atom. The average Bonchev–Trinajstić information content (AvgIpc) is 3.14. The first-order valence-electron chi connectivity index (χ1n) is 12.1. The number of hydrogen-bond donors (Lipinski definition) is 2. The zero-order valence-electron chi connectivity index (χ0n) is 21.3. The van der Waals surface area contributed by atoms with Crippen LogP contribution in [0.1, 0.15) is 28.8 Å².